The fourth-order valence-electron chi connectivity index (χ4n) is 1.48. The molecule has 88 valence electrons. The monoisotopic (exact) mass is 222 g/mol. The Balaban J connectivity index is 2.48. The van der Waals surface area contributed by atoms with Crippen molar-refractivity contribution >= 4 is 5.97 Å². The minimum absolute atomic E-state index is 0.350. The van der Waals surface area contributed by atoms with Gasteiger partial charge in [0.2, 0.25) is 0 Å². The summed E-state index contributed by atoms with van der Waals surface area (Å²) in [6.07, 6.45) is 0. The number of rotatable bonds is 5. The maximum Gasteiger partial charge on any atom is 0.321 e. The number of nitrogens with two attached hydrogens (primary N) is 1. The minimum Gasteiger partial charge on any atom is -0.480 e. The summed E-state index contributed by atoms with van der Waals surface area (Å²) in [6.45, 7) is 3.10. The van der Waals surface area contributed by atoms with Gasteiger partial charge in [-0.1, -0.05) is 29.8 Å². The third-order valence-corrected chi connectivity index (χ3v) is 2.40. The van der Waals surface area contributed by atoms with Gasteiger partial charge in [0.25, 0.3) is 0 Å². The van der Waals surface area contributed by atoms with Crippen LogP contribution in [0.3, 0.4) is 0 Å². The molecule has 0 amide bonds. The maximum atomic E-state index is 10.6. The fraction of sp³-hybridized carbons (Fsp3) is 0.417. The van der Waals surface area contributed by atoms with Crippen molar-refractivity contribution in [3.05, 3.63) is 35.4 Å². The molecule has 0 spiro atoms. The van der Waals surface area contributed by atoms with Gasteiger partial charge in [0.1, 0.15) is 6.04 Å². The minimum atomic E-state index is -0.962. The number of carbonyl (C=O) groups is 1. The van der Waals surface area contributed by atoms with E-state index in [1.807, 2.05) is 43.1 Å². The second-order valence-electron chi connectivity index (χ2n) is 4.13. The molecule has 0 saturated heterocycles. The van der Waals surface area contributed by atoms with Crippen LogP contribution >= 0.6 is 0 Å². The summed E-state index contributed by atoms with van der Waals surface area (Å²) in [5.41, 5.74) is 7.83. The van der Waals surface area contributed by atoms with E-state index in [9.17, 15) is 4.79 Å². The van der Waals surface area contributed by atoms with Gasteiger partial charge in [-0.05, 0) is 19.5 Å². The van der Waals surface area contributed by atoms with Gasteiger partial charge in [0.05, 0.1) is 0 Å². The van der Waals surface area contributed by atoms with Crippen molar-refractivity contribution in [1.29, 1.82) is 0 Å². The Bertz CT molecular complexity index is 349. The van der Waals surface area contributed by atoms with Crippen LogP contribution in [0.25, 0.3) is 0 Å². The summed E-state index contributed by atoms with van der Waals surface area (Å²) in [4.78, 5) is 12.5. The lowest BCUT2D eigenvalue weighted by Gasteiger charge is -2.18. The molecule has 4 nitrogen and oxygen atoms in total. The van der Waals surface area contributed by atoms with Gasteiger partial charge in [-0.25, -0.2) is 0 Å². The topological polar surface area (TPSA) is 66.6 Å². The second-order valence-corrected chi connectivity index (χ2v) is 4.13. The first-order valence-corrected chi connectivity index (χ1v) is 5.21. The number of carboxylic acids is 1. The molecule has 1 aromatic carbocycles. The van der Waals surface area contributed by atoms with Crippen LogP contribution in [0.1, 0.15) is 11.1 Å². The van der Waals surface area contributed by atoms with Crippen LogP contribution in [-0.2, 0) is 11.3 Å². The molecule has 1 aromatic rings. The Hall–Kier alpha value is -1.39. The number of carboxylic acid groups (broad SMARTS) is 1. The van der Waals surface area contributed by atoms with Crippen LogP contribution in [0.2, 0.25) is 0 Å². The van der Waals surface area contributed by atoms with E-state index in [1.165, 1.54) is 5.56 Å². The molecule has 0 saturated carbocycles. The molecule has 0 aliphatic rings. The third kappa shape index (κ3) is 4.00. The first-order chi connectivity index (χ1) is 7.49. The number of benzene rings is 1. The summed E-state index contributed by atoms with van der Waals surface area (Å²) in [5.74, 6) is -0.962. The summed E-state index contributed by atoms with van der Waals surface area (Å²) < 4.78 is 0. The predicted octanol–water partition coefficient (Wildman–Crippen LogP) is 0.839. The summed E-state index contributed by atoms with van der Waals surface area (Å²) >= 11 is 0. The van der Waals surface area contributed by atoms with Crippen molar-refractivity contribution in [2.75, 3.05) is 13.6 Å². The van der Waals surface area contributed by atoms with Gasteiger partial charge in [-0.3, -0.25) is 9.69 Å². The Morgan fingerprint density at radius 2 is 2.00 bits per heavy atom. The summed E-state index contributed by atoms with van der Waals surface area (Å²) in [7, 11) is 1.86. The largest absolute Gasteiger partial charge is 0.480 e. The average Bonchev–Trinajstić information content (AvgIpc) is 2.21. The molecule has 0 aliphatic carbocycles. The molecule has 4 heteroatoms. The number of nitrogens with zero attached hydrogens (tertiary/aromatic N) is 1. The molecule has 3 N–H and O–H groups in total. The lowest BCUT2D eigenvalue weighted by atomic mass is 10.1. The first-order valence-electron chi connectivity index (χ1n) is 5.21. The van der Waals surface area contributed by atoms with E-state index in [0.29, 0.717) is 13.1 Å². The molecule has 1 rings (SSSR count). The highest BCUT2D eigenvalue weighted by molar-refractivity contribution is 5.73. The highest BCUT2D eigenvalue weighted by Crippen LogP contribution is 2.05. The zero-order valence-electron chi connectivity index (χ0n) is 9.68. The molecule has 0 radical (unpaired) electrons. The molecule has 0 heterocycles. The van der Waals surface area contributed by atoms with Gasteiger partial charge in [0.15, 0.2) is 0 Å². The SMILES string of the molecule is Cc1ccc(CN(C)CC(N)C(=O)O)cc1. The van der Waals surface area contributed by atoms with Crippen LogP contribution in [0, 0.1) is 6.92 Å². The molecule has 0 bridgehead atoms. The zero-order chi connectivity index (χ0) is 12.1. The number of aryl methyl sites for hydroxylation is 1. The Morgan fingerprint density at radius 3 is 2.50 bits per heavy atom. The standard InChI is InChI=1S/C12H18N2O2/c1-9-3-5-10(6-4-9)7-14(2)8-11(13)12(15)16/h3-6,11H,7-8,13H2,1-2H3,(H,15,16). The normalized spacial score (nSPS) is 12.8. The van der Waals surface area contributed by atoms with Crippen molar-refractivity contribution in [3.8, 4) is 0 Å². The number of hydrogen-bond acceptors (Lipinski definition) is 3. The summed E-state index contributed by atoms with van der Waals surface area (Å²) in [5, 5.41) is 8.68. The average molecular weight is 222 g/mol. The summed E-state index contributed by atoms with van der Waals surface area (Å²) in [6, 6.07) is 7.34. The molecule has 0 fully saturated rings. The van der Waals surface area contributed by atoms with Crippen molar-refractivity contribution in [3.63, 3.8) is 0 Å². The molecule has 0 aromatic heterocycles. The molecule has 0 aliphatic heterocycles. The predicted molar refractivity (Wildman–Crippen MR) is 63.1 cm³/mol. The molecular weight excluding hydrogens is 204 g/mol. The number of aliphatic carboxylic acids is 1. The fourth-order valence-corrected chi connectivity index (χ4v) is 1.48. The van der Waals surface area contributed by atoms with E-state index in [-0.39, 0.29) is 0 Å². The van der Waals surface area contributed by atoms with Crippen molar-refractivity contribution < 1.29 is 9.90 Å². The van der Waals surface area contributed by atoms with Gasteiger partial charge in [-0.15, -0.1) is 0 Å². The number of likely N-dealkylation sites (N-methyl/N-ethyl adjacent to an activating group) is 1. The van der Waals surface area contributed by atoms with E-state index in [0.717, 1.165) is 5.56 Å². The molecule has 1 unspecified atom stereocenters. The van der Waals surface area contributed by atoms with Gasteiger partial charge >= 0.3 is 5.97 Å². The van der Waals surface area contributed by atoms with E-state index in [1.54, 1.807) is 0 Å². The smallest absolute Gasteiger partial charge is 0.321 e. The van der Waals surface area contributed by atoms with E-state index in [2.05, 4.69) is 0 Å². The van der Waals surface area contributed by atoms with Crippen LogP contribution in [0.4, 0.5) is 0 Å². The highest BCUT2D eigenvalue weighted by Gasteiger charge is 2.13. The van der Waals surface area contributed by atoms with Gasteiger partial charge in [-0.2, -0.15) is 0 Å². The second kappa shape index (κ2) is 5.63. The molecule has 1 atom stereocenters. The Morgan fingerprint density at radius 1 is 1.44 bits per heavy atom. The molecule has 16 heavy (non-hydrogen) atoms. The van der Waals surface area contributed by atoms with Crippen LogP contribution in [0.5, 0.6) is 0 Å². The first kappa shape index (κ1) is 12.7. The maximum absolute atomic E-state index is 10.6. The van der Waals surface area contributed by atoms with Crippen LogP contribution in [0.15, 0.2) is 24.3 Å². The highest BCUT2D eigenvalue weighted by atomic mass is 16.4. The van der Waals surface area contributed by atoms with E-state index >= 15 is 0 Å². The van der Waals surface area contributed by atoms with E-state index in [4.69, 9.17) is 10.8 Å². The lowest BCUT2D eigenvalue weighted by molar-refractivity contribution is -0.138. The third-order valence-electron chi connectivity index (χ3n) is 2.40. The van der Waals surface area contributed by atoms with Gasteiger partial charge in [0, 0.05) is 13.1 Å². The van der Waals surface area contributed by atoms with Gasteiger partial charge < -0.3 is 10.8 Å². The molecular formula is C12H18N2O2. The van der Waals surface area contributed by atoms with Crippen LogP contribution in [-0.4, -0.2) is 35.6 Å². The number of hydrogen-bond donors (Lipinski definition) is 2. The lowest BCUT2D eigenvalue weighted by Crippen LogP contribution is -2.40. The Labute approximate surface area is 95.7 Å². The quantitative estimate of drug-likeness (QED) is 0.774. The van der Waals surface area contributed by atoms with Crippen molar-refractivity contribution in [2.45, 2.75) is 19.5 Å². The zero-order valence-corrected chi connectivity index (χ0v) is 9.68. The van der Waals surface area contributed by atoms with Crippen molar-refractivity contribution in [1.82, 2.24) is 4.90 Å². The van der Waals surface area contributed by atoms with Crippen LogP contribution < -0.4 is 5.73 Å². The Kier molecular flexibility index (Phi) is 4.46. The van der Waals surface area contributed by atoms with Crippen molar-refractivity contribution in [2.24, 2.45) is 5.73 Å². The van der Waals surface area contributed by atoms with E-state index < -0.39 is 12.0 Å².